The Labute approximate surface area is 137 Å². The average molecular weight is 340 g/mol. The molecule has 7 heteroatoms. The third kappa shape index (κ3) is 24.8. The van der Waals surface area contributed by atoms with E-state index in [1.165, 1.54) is 45.3 Å². The van der Waals surface area contributed by atoms with E-state index in [2.05, 4.69) is 52.6 Å². The van der Waals surface area contributed by atoms with Crippen LogP contribution in [0.2, 0.25) is 0 Å². The summed E-state index contributed by atoms with van der Waals surface area (Å²) >= 11 is 0. The highest BCUT2D eigenvalue weighted by atomic mass is 31.2. The molecular weight excluding hydrogens is 303 g/mol. The predicted molar refractivity (Wildman–Crippen MR) is 88.9 cm³/mol. The fourth-order valence-electron chi connectivity index (χ4n) is 1.64. The Morgan fingerprint density at radius 2 is 1.14 bits per heavy atom. The molecule has 0 atom stereocenters. The maximum atomic E-state index is 9.59. The molecule has 0 aromatic rings. The zero-order valence-electron chi connectivity index (χ0n) is 15.3. The van der Waals surface area contributed by atoms with Crippen LogP contribution in [0.4, 0.5) is 0 Å². The van der Waals surface area contributed by atoms with Crippen LogP contribution in [0.15, 0.2) is 12.7 Å². The zero-order chi connectivity index (χ0) is 18.0. The smallest absolute Gasteiger partial charge is 0.0742 e. The minimum absolute atomic E-state index is 0.246. The second-order valence-electron chi connectivity index (χ2n) is 4.65. The molecule has 0 heterocycles. The van der Waals surface area contributed by atoms with Gasteiger partial charge in [0.25, 0.3) is 0 Å². The quantitative estimate of drug-likeness (QED) is 0.412. The number of nitrogens with one attached hydrogen (secondary N) is 2. The minimum atomic E-state index is -4.75. The fraction of sp³-hybridized carbons (Fsp3) is 0.867. The van der Waals surface area contributed by atoms with Crippen molar-refractivity contribution in [2.45, 2.75) is 41.5 Å². The zero-order valence-corrected chi connectivity index (χ0v) is 16.2. The molecule has 0 radical (unpaired) electrons. The van der Waals surface area contributed by atoms with Crippen LogP contribution in [0.1, 0.15) is 41.5 Å². The molecule has 0 saturated carbocycles. The molecule has 6 nitrogen and oxygen atoms in total. The van der Waals surface area contributed by atoms with Crippen molar-refractivity contribution >= 4 is 7.82 Å². The molecule has 0 aliphatic rings. The van der Waals surface area contributed by atoms with Crippen molar-refractivity contribution in [2.75, 3.05) is 45.9 Å². The first kappa shape index (κ1) is 26.7. The summed E-state index contributed by atoms with van der Waals surface area (Å²) in [6, 6.07) is 0. The second kappa shape index (κ2) is 18.8. The van der Waals surface area contributed by atoms with Gasteiger partial charge in [0.1, 0.15) is 0 Å². The van der Waals surface area contributed by atoms with Crippen LogP contribution < -0.4 is 19.6 Å². The minimum Gasteiger partial charge on any atom is -0.790 e. The van der Waals surface area contributed by atoms with E-state index in [1.54, 1.807) is 9.80 Å². The number of hydrogen-bond acceptors (Lipinski definition) is 4. The summed E-state index contributed by atoms with van der Waals surface area (Å²) in [7, 11) is -4.75. The van der Waals surface area contributed by atoms with E-state index in [-0.39, 0.29) is 6.61 Å². The van der Waals surface area contributed by atoms with Gasteiger partial charge < -0.3 is 28.7 Å². The summed E-state index contributed by atoms with van der Waals surface area (Å²) in [5.74, 6) is 0. The van der Waals surface area contributed by atoms with Crippen molar-refractivity contribution in [3.63, 3.8) is 0 Å². The highest BCUT2D eigenvalue weighted by molar-refractivity contribution is 7.43. The number of quaternary nitrogens is 2. The van der Waals surface area contributed by atoms with Crippen molar-refractivity contribution in [1.82, 2.24) is 0 Å². The summed E-state index contributed by atoms with van der Waals surface area (Å²) in [6.45, 7) is 23.9. The first-order chi connectivity index (χ1) is 10.3. The van der Waals surface area contributed by atoms with Gasteiger partial charge in [-0.1, -0.05) is 6.08 Å². The Balaban J connectivity index is -0.000000247. The normalized spacial score (nSPS) is 10.6. The van der Waals surface area contributed by atoms with Crippen LogP contribution in [-0.4, -0.2) is 45.9 Å². The van der Waals surface area contributed by atoms with Gasteiger partial charge in [0.2, 0.25) is 0 Å². The molecule has 0 aliphatic carbocycles. The molecule has 0 fully saturated rings. The molecule has 0 spiro atoms. The van der Waals surface area contributed by atoms with E-state index in [0.29, 0.717) is 0 Å². The Hall–Kier alpha value is -0.230. The lowest BCUT2D eigenvalue weighted by molar-refractivity contribution is -0.894. The molecule has 136 valence electrons. The van der Waals surface area contributed by atoms with Gasteiger partial charge in [-0.15, -0.1) is 6.58 Å². The van der Waals surface area contributed by atoms with E-state index in [9.17, 15) is 14.4 Å². The highest BCUT2D eigenvalue weighted by Crippen LogP contribution is 2.23. The number of phosphoric ester groups is 1. The van der Waals surface area contributed by atoms with Crippen LogP contribution in [0, 0.1) is 0 Å². The summed E-state index contributed by atoms with van der Waals surface area (Å²) < 4.78 is 13.3. The van der Waals surface area contributed by atoms with Crippen molar-refractivity contribution in [1.29, 1.82) is 0 Å². The summed E-state index contributed by atoms with van der Waals surface area (Å²) in [5, 5.41) is 0. The molecular formula is C15H37N2O4P. The molecule has 2 N–H and O–H groups in total. The molecule has 0 unspecified atom stereocenters. The SMILES string of the molecule is C=CCOP(=O)([O-])[O-].CC[NH+](CC)CC.CC[NH+](CC)CC. The van der Waals surface area contributed by atoms with Gasteiger partial charge in [0.05, 0.1) is 53.7 Å². The molecule has 0 saturated heterocycles. The first-order valence-corrected chi connectivity index (χ1v) is 9.66. The van der Waals surface area contributed by atoms with E-state index in [0.717, 1.165) is 0 Å². The van der Waals surface area contributed by atoms with Gasteiger partial charge in [-0.05, 0) is 41.5 Å². The largest absolute Gasteiger partial charge is 0.790 e. The van der Waals surface area contributed by atoms with Gasteiger partial charge in [-0.3, -0.25) is 0 Å². The van der Waals surface area contributed by atoms with E-state index in [4.69, 9.17) is 0 Å². The van der Waals surface area contributed by atoms with Crippen LogP contribution in [0.5, 0.6) is 0 Å². The summed E-state index contributed by atoms with van der Waals surface area (Å²) in [6.07, 6.45) is 1.18. The Morgan fingerprint density at radius 1 is 0.864 bits per heavy atom. The lowest BCUT2D eigenvalue weighted by Gasteiger charge is -2.27. The molecule has 0 aromatic heterocycles. The average Bonchev–Trinajstić information content (AvgIpc) is 2.49. The van der Waals surface area contributed by atoms with E-state index < -0.39 is 7.82 Å². The van der Waals surface area contributed by atoms with Gasteiger partial charge >= 0.3 is 0 Å². The topological polar surface area (TPSA) is 81.3 Å². The van der Waals surface area contributed by atoms with Gasteiger partial charge in [0.15, 0.2) is 0 Å². The summed E-state index contributed by atoms with van der Waals surface area (Å²) in [5.41, 5.74) is 0. The standard InChI is InChI=1S/2C6H15N.C3H7O4P/c2*1-4-7(5-2)6-3;1-2-3-7-8(4,5)6/h2*4-6H2,1-3H3;2H,1,3H2,(H2,4,5,6). The van der Waals surface area contributed by atoms with E-state index >= 15 is 0 Å². The predicted octanol–water partition coefficient (Wildman–Crippen LogP) is -1.12. The van der Waals surface area contributed by atoms with Gasteiger partial charge in [-0.2, -0.15) is 0 Å². The molecule has 22 heavy (non-hydrogen) atoms. The first-order valence-electron chi connectivity index (χ1n) is 8.20. The monoisotopic (exact) mass is 340 g/mol. The van der Waals surface area contributed by atoms with Crippen molar-refractivity contribution < 1.29 is 28.7 Å². The Morgan fingerprint density at radius 3 is 1.18 bits per heavy atom. The highest BCUT2D eigenvalue weighted by Gasteiger charge is 1.93. The third-order valence-corrected chi connectivity index (χ3v) is 3.82. The van der Waals surface area contributed by atoms with Gasteiger partial charge in [-0.25, -0.2) is 0 Å². The number of hydrogen-bond donors (Lipinski definition) is 2. The van der Waals surface area contributed by atoms with Crippen LogP contribution >= 0.6 is 7.82 Å². The molecule has 0 aliphatic heterocycles. The molecule has 0 rings (SSSR count). The van der Waals surface area contributed by atoms with Crippen molar-refractivity contribution in [3.8, 4) is 0 Å². The third-order valence-electron chi connectivity index (χ3n) is 3.35. The lowest BCUT2D eigenvalue weighted by atomic mass is 10.5. The molecule has 0 aromatic carbocycles. The van der Waals surface area contributed by atoms with Crippen molar-refractivity contribution in [3.05, 3.63) is 12.7 Å². The van der Waals surface area contributed by atoms with Crippen molar-refractivity contribution in [2.24, 2.45) is 0 Å². The number of rotatable bonds is 9. The molecule has 0 amide bonds. The maximum absolute atomic E-state index is 9.59. The Kier molecular flexibility index (Phi) is 22.8. The van der Waals surface area contributed by atoms with Gasteiger partial charge in [0, 0.05) is 0 Å². The second-order valence-corrected chi connectivity index (χ2v) is 5.81. The maximum Gasteiger partial charge on any atom is 0.0742 e. The van der Waals surface area contributed by atoms with Crippen LogP contribution in [-0.2, 0) is 9.09 Å². The fourth-order valence-corrected chi connectivity index (χ4v) is 1.93. The lowest BCUT2D eigenvalue weighted by Crippen LogP contribution is -3.11. The molecule has 0 bridgehead atoms. The summed E-state index contributed by atoms with van der Waals surface area (Å²) in [4.78, 5) is 22.5. The van der Waals surface area contributed by atoms with E-state index in [1.807, 2.05) is 0 Å². The Bertz CT molecular complexity index is 241. The number of phosphoric acid groups is 1. The van der Waals surface area contributed by atoms with Crippen LogP contribution in [0.25, 0.3) is 0 Å². The van der Waals surface area contributed by atoms with Crippen LogP contribution in [0.3, 0.4) is 0 Å².